The van der Waals surface area contributed by atoms with Crippen LogP contribution >= 0.6 is 11.6 Å². The van der Waals surface area contributed by atoms with E-state index in [1.807, 2.05) is 0 Å². The number of ether oxygens (including phenoxy) is 1. The van der Waals surface area contributed by atoms with E-state index >= 15 is 0 Å². The minimum absolute atomic E-state index is 0.336. The number of nitro groups is 1. The average Bonchev–Trinajstić information content (AvgIpc) is 2.54. The molecule has 0 aliphatic carbocycles. The Bertz CT molecular complexity index is 894. The smallest absolute Gasteiger partial charge is 0.334 e. The summed E-state index contributed by atoms with van der Waals surface area (Å²) < 4.78 is 6.23. The first-order valence-electron chi connectivity index (χ1n) is 7.27. The maximum atomic E-state index is 12.5. The van der Waals surface area contributed by atoms with Gasteiger partial charge in [-0.1, -0.05) is 11.6 Å². The molecule has 0 saturated carbocycles. The summed E-state index contributed by atoms with van der Waals surface area (Å²) >= 11 is 5.92. The van der Waals surface area contributed by atoms with Gasteiger partial charge < -0.3 is 10.1 Å². The predicted octanol–water partition coefficient (Wildman–Crippen LogP) is 2.93. The zero-order chi connectivity index (χ0) is 18.7. The number of hydrogen-bond acceptors (Lipinski definition) is 5. The van der Waals surface area contributed by atoms with Crippen LogP contribution < -0.4 is 15.6 Å². The van der Waals surface area contributed by atoms with E-state index in [9.17, 15) is 19.7 Å². The fraction of sp³-hybridized carbons (Fsp3) is 0.250. The fourth-order valence-electron chi connectivity index (χ4n) is 2.39. The molecule has 1 aromatic carbocycles. The van der Waals surface area contributed by atoms with Crippen molar-refractivity contribution in [2.45, 2.75) is 19.9 Å². The summed E-state index contributed by atoms with van der Waals surface area (Å²) in [6, 6.07) is 6.27. The van der Waals surface area contributed by atoms with Crippen molar-refractivity contribution in [2.75, 3.05) is 12.4 Å². The molecule has 2 rings (SSSR count). The number of methoxy groups -OCH3 is 1. The Morgan fingerprint density at radius 1 is 1.36 bits per heavy atom. The monoisotopic (exact) mass is 365 g/mol. The lowest BCUT2D eigenvalue weighted by Gasteiger charge is -2.18. The van der Waals surface area contributed by atoms with Gasteiger partial charge in [0, 0.05) is 16.8 Å². The van der Waals surface area contributed by atoms with Gasteiger partial charge in [0.05, 0.1) is 17.7 Å². The van der Waals surface area contributed by atoms with Crippen LogP contribution in [0.5, 0.6) is 5.75 Å². The lowest BCUT2D eigenvalue weighted by Crippen LogP contribution is -2.33. The van der Waals surface area contributed by atoms with E-state index in [1.165, 1.54) is 26.2 Å². The summed E-state index contributed by atoms with van der Waals surface area (Å²) in [6.07, 6.45) is 0. The van der Waals surface area contributed by atoms with Crippen LogP contribution in [0.15, 0.2) is 35.1 Å². The van der Waals surface area contributed by atoms with Gasteiger partial charge in [0.25, 0.3) is 0 Å². The number of anilines is 1. The van der Waals surface area contributed by atoms with Crippen LogP contribution in [-0.2, 0) is 4.79 Å². The largest absolute Gasteiger partial charge is 0.495 e. The van der Waals surface area contributed by atoms with Gasteiger partial charge in [0.15, 0.2) is 0 Å². The summed E-state index contributed by atoms with van der Waals surface area (Å²) in [5.41, 5.74) is -0.671. The molecule has 0 bridgehead atoms. The van der Waals surface area contributed by atoms with Gasteiger partial charge in [-0.3, -0.25) is 24.3 Å². The molecular weight excluding hydrogens is 350 g/mol. The Labute approximate surface area is 148 Å². The van der Waals surface area contributed by atoms with Crippen LogP contribution in [-0.4, -0.2) is 22.5 Å². The SMILES string of the molecule is COc1ccc(Cl)cc1NC(=O)C(C)n1c(C)ccc([N+](=O)[O-])c1=O. The van der Waals surface area contributed by atoms with Crippen LogP contribution in [0.2, 0.25) is 5.02 Å². The zero-order valence-corrected chi connectivity index (χ0v) is 14.5. The number of aromatic nitrogens is 1. The number of hydrogen-bond donors (Lipinski definition) is 1. The van der Waals surface area contributed by atoms with E-state index < -0.39 is 28.1 Å². The maximum absolute atomic E-state index is 12.5. The normalized spacial score (nSPS) is 11.7. The molecule has 2 aromatic rings. The van der Waals surface area contributed by atoms with Crippen LogP contribution in [0.3, 0.4) is 0 Å². The topological polar surface area (TPSA) is 103 Å². The number of benzene rings is 1. The van der Waals surface area contributed by atoms with Crippen LogP contribution in [0.1, 0.15) is 18.7 Å². The minimum Gasteiger partial charge on any atom is -0.495 e. The first-order valence-corrected chi connectivity index (χ1v) is 7.65. The Morgan fingerprint density at radius 2 is 2.04 bits per heavy atom. The third-order valence-electron chi connectivity index (χ3n) is 3.68. The standard InChI is InChI=1S/C16H16ClN3O5/c1-9-4-6-13(20(23)24)16(22)19(9)10(2)15(21)18-12-8-11(17)5-7-14(12)25-3/h4-8,10H,1-3H3,(H,18,21). The molecule has 1 amide bonds. The van der Waals surface area contributed by atoms with Gasteiger partial charge in [-0.15, -0.1) is 0 Å². The molecule has 8 nitrogen and oxygen atoms in total. The highest BCUT2D eigenvalue weighted by atomic mass is 35.5. The van der Waals surface area contributed by atoms with Gasteiger partial charge in [0.2, 0.25) is 5.91 Å². The summed E-state index contributed by atoms with van der Waals surface area (Å²) in [7, 11) is 1.44. The zero-order valence-electron chi connectivity index (χ0n) is 13.8. The van der Waals surface area contributed by atoms with Crippen molar-refractivity contribution in [3.8, 4) is 5.75 Å². The Morgan fingerprint density at radius 3 is 2.64 bits per heavy atom. The van der Waals surface area contributed by atoms with E-state index in [2.05, 4.69) is 5.32 Å². The molecule has 1 aromatic heterocycles. The predicted molar refractivity (Wildman–Crippen MR) is 93.4 cm³/mol. The van der Waals surface area contributed by atoms with Crippen molar-refractivity contribution in [3.05, 3.63) is 61.5 Å². The van der Waals surface area contributed by atoms with Crippen molar-refractivity contribution in [2.24, 2.45) is 0 Å². The number of rotatable bonds is 5. The van der Waals surface area contributed by atoms with E-state index in [0.717, 1.165) is 10.6 Å². The summed E-state index contributed by atoms with van der Waals surface area (Å²) in [6.45, 7) is 3.07. The number of nitrogens with zero attached hydrogens (tertiary/aromatic N) is 2. The number of amides is 1. The van der Waals surface area contributed by atoms with E-state index in [-0.39, 0.29) is 0 Å². The number of pyridine rings is 1. The fourth-order valence-corrected chi connectivity index (χ4v) is 2.56. The van der Waals surface area contributed by atoms with Gasteiger partial charge in [-0.2, -0.15) is 0 Å². The molecule has 132 valence electrons. The lowest BCUT2D eigenvalue weighted by molar-refractivity contribution is -0.386. The lowest BCUT2D eigenvalue weighted by atomic mass is 10.2. The van der Waals surface area contributed by atoms with Crippen molar-refractivity contribution >= 4 is 28.9 Å². The molecular formula is C16H16ClN3O5. The molecule has 0 fully saturated rings. The highest BCUT2D eigenvalue weighted by molar-refractivity contribution is 6.31. The molecule has 0 radical (unpaired) electrons. The Balaban J connectivity index is 2.39. The second-order valence-corrected chi connectivity index (χ2v) is 5.74. The Kier molecular flexibility index (Phi) is 5.43. The van der Waals surface area contributed by atoms with Crippen molar-refractivity contribution < 1.29 is 14.5 Å². The number of carbonyl (C=O) groups is 1. The molecule has 1 heterocycles. The second-order valence-electron chi connectivity index (χ2n) is 5.30. The molecule has 0 aliphatic rings. The van der Waals surface area contributed by atoms with Gasteiger partial charge in [-0.05, 0) is 38.1 Å². The maximum Gasteiger partial charge on any atom is 0.334 e. The van der Waals surface area contributed by atoms with Gasteiger partial charge in [-0.25, -0.2) is 0 Å². The van der Waals surface area contributed by atoms with E-state index in [0.29, 0.717) is 22.2 Å². The first kappa shape index (κ1) is 18.5. The molecule has 0 aliphatic heterocycles. The highest BCUT2D eigenvalue weighted by Crippen LogP contribution is 2.28. The molecule has 0 saturated heterocycles. The molecule has 1 atom stereocenters. The van der Waals surface area contributed by atoms with Crippen LogP contribution in [0, 0.1) is 17.0 Å². The first-order chi connectivity index (χ1) is 11.8. The Hall–Kier alpha value is -2.87. The van der Waals surface area contributed by atoms with E-state index in [4.69, 9.17) is 16.3 Å². The van der Waals surface area contributed by atoms with Gasteiger partial charge >= 0.3 is 11.2 Å². The number of aryl methyl sites for hydroxylation is 1. The summed E-state index contributed by atoms with van der Waals surface area (Å²) in [5.74, 6) is -0.140. The minimum atomic E-state index is -0.976. The number of nitrogens with one attached hydrogen (secondary N) is 1. The molecule has 25 heavy (non-hydrogen) atoms. The van der Waals surface area contributed by atoms with Crippen LogP contribution in [0.25, 0.3) is 0 Å². The summed E-state index contributed by atoms with van der Waals surface area (Å²) in [4.78, 5) is 35.0. The van der Waals surface area contributed by atoms with Crippen molar-refractivity contribution in [1.29, 1.82) is 0 Å². The third kappa shape index (κ3) is 3.80. The van der Waals surface area contributed by atoms with Crippen molar-refractivity contribution in [1.82, 2.24) is 4.57 Å². The molecule has 1 N–H and O–H groups in total. The third-order valence-corrected chi connectivity index (χ3v) is 3.92. The van der Waals surface area contributed by atoms with Gasteiger partial charge in [0.1, 0.15) is 11.8 Å². The van der Waals surface area contributed by atoms with Crippen molar-refractivity contribution in [3.63, 3.8) is 0 Å². The highest BCUT2D eigenvalue weighted by Gasteiger charge is 2.24. The second kappa shape index (κ2) is 7.35. The quantitative estimate of drug-likeness (QED) is 0.648. The average molecular weight is 366 g/mol. The number of carbonyl (C=O) groups excluding carboxylic acids is 1. The molecule has 9 heteroatoms. The number of halogens is 1. The molecule has 1 unspecified atom stereocenters. The van der Waals surface area contributed by atoms with Crippen LogP contribution in [0.4, 0.5) is 11.4 Å². The van der Waals surface area contributed by atoms with E-state index in [1.54, 1.807) is 19.1 Å². The molecule has 0 spiro atoms. The summed E-state index contributed by atoms with van der Waals surface area (Å²) in [5, 5.41) is 14.0.